The molecule has 0 radical (unpaired) electrons. The fraction of sp³-hybridized carbons (Fsp3) is 0.429. The van der Waals surface area contributed by atoms with Gasteiger partial charge in [-0.1, -0.05) is 64.3 Å². The highest BCUT2D eigenvalue weighted by molar-refractivity contribution is 6.46. The minimum absolute atomic E-state index is 0.104. The zero-order valence-electron chi connectivity index (χ0n) is 20.7. The maximum Gasteiger partial charge on any atom is 0.295 e. The molecule has 1 amide bonds. The van der Waals surface area contributed by atoms with E-state index in [0.29, 0.717) is 23.7 Å². The van der Waals surface area contributed by atoms with Gasteiger partial charge in [-0.2, -0.15) is 0 Å². The number of benzene rings is 2. The average molecular weight is 484 g/mol. The van der Waals surface area contributed by atoms with E-state index in [2.05, 4.69) is 27.7 Å². The Morgan fingerprint density at radius 1 is 1.06 bits per heavy atom. The molecule has 5 nitrogen and oxygen atoms in total. The number of aliphatic hydroxyl groups is 1. The SMILES string of the molecule is CCCCCN1C(=O)C(=O)/C(=C(\O)c2ccc(OCC)c(C(C)(C)C)c2)C1c1ccc(Cl)cc1. The molecule has 1 heterocycles. The standard InChI is InChI=1S/C28H34ClNO4/c1-6-8-9-16-30-24(18-10-13-20(29)14-11-18)23(26(32)27(30)33)25(31)19-12-15-22(34-7-2)21(17-19)28(3,4)5/h10-15,17,24,31H,6-9,16H2,1-5H3/b25-23-. The van der Waals surface area contributed by atoms with Crippen LogP contribution in [0.1, 0.15) is 76.6 Å². The van der Waals surface area contributed by atoms with Crippen LogP contribution in [0.2, 0.25) is 5.02 Å². The fourth-order valence-electron chi connectivity index (χ4n) is 4.33. The lowest BCUT2D eigenvalue weighted by atomic mass is 9.84. The molecule has 0 aromatic heterocycles. The summed E-state index contributed by atoms with van der Waals surface area (Å²) in [5, 5.41) is 12.0. The Bertz CT molecular complexity index is 1080. The molecule has 0 spiro atoms. The second-order valence-corrected chi connectivity index (χ2v) is 10.1. The molecule has 1 aliphatic heterocycles. The lowest BCUT2D eigenvalue weighted by Crippen LogP contribution is -2.30. The van der Waals surface area contributed by atoms with Gasteiger partial charge in [0.2, 0.25) is 0 Å². The van der Waals surface area contributed by atoms with Gasteiger partial charge in [0, 0.05) is 22.7 Å². The van der Waals surface area contributed by atoms with Crippen LogP contribution in [-0.2, 0) is 15.0 Å². The summed E-state index contributed by atoms with van der Waals surface area (Å²) in [4.78, 5) is 27.8. The van der Waals surface area contributed by atoms with Gasteiger partial charge in [-0.15, -0.1) is 0 Å². The highest BCUT2D eigenvalue weighted by Gasteiger charge is 2.45. The molecule has 34 heavy (non-hydrogen) atoms. The van der Waals surface area contributed by atoms with Gasteiger partial charge in [-0.25, -0.2) is 0 Å². The van der Waals surface area contributed by atoms with Gasteiger partial charge in [-0.3, -0.25) is 9.59 Å². The van der Waals surface area contributed by atoms with Crippen molar-refractivity contribution >= 4 is 29.1 Å². The predicted molar refractivity (Wildman–Crippen MR) is 136 cm³/mol. The zero-order valence-corrected chi connectivity index (χ0v) is 21.4. The van der Waals surface area contributed by atoms with Crippen molar-refractivity contribution in [1.29, 1.82) is 0 Å². The van der Waals surface area contributed by atoms with Crippen molar-refractivity contribution in [3.8, 4) is 5.75 Å². The Balaban J connectivity index is 2.17. The Kier molecular flexibility index (Phi) is 8.09. The number of rotatable bonds is 8. The van der Waals surface area contributed by atoms with Crippen molar-refractivity contribution in [2.24, 2.45) is 0 Å². The molecule has 1 aliphatic rings. The molecule has 1 fully saturated rings. The van der Waals surface area contributed by atoms with Crippen LogP contribution in [0.25, 0.3) is 5.76 Å². The monoisotopic (exact) mass is 483 g/mol. The number of halogens is 1. The van der Waals surface area contributed by atoms with E-state index >= 15 is 0 Å². The molecular formula is C28H34ClNO4. The van der Waals surface area contributed by atoms with Crippen LogP contribution < -0.4 is 4.74 Å². The van der Waals surface area contributed by atoms with Crippen molar-refractivity contribution in [3.05, 3.63) is 69.8 Å². The second kappa shape index (κ2) is 10.6. The molecule has 2 aromatic carbocycles. The first-order valence-electron chi connectivity index (χ1n) is 11.9. The smallest absolute Gasteiger partial charge is 0.295 e. The Morgan fingerprint density at radius 3 is 2.32 bits per heavy atom. The summed E-state index contributed by atoms with van der Waals surface area (Å²) in [6.45, 7) is 11.2. The Hall–Kier alpha value is -2.79. The lowest BCUT2D eigenvalue weighted by Gasteiger charge is -2.26. The molecule has 0 bridgehead atoms. The van der Waals surface area contributed by atoms with E-state index in [1.54, 1.807) is 35.2 Å². The minimum atomic E-state index is -0.668. The number of likely N-dealkylation sites (tertiary alicyclic amines) is 1. The molecule has 2 aromatic rings. The van der Waals surface area contributed by atoms with Gasteiger partial charge in [0.15, 0.2) is 0 Å². The molecule has 1 atom stereocenters. The van der Waals surface area contributed by atoms with Crippen LogP contribution >= 0.6 is 11.6 Å². The molecule has 0 aliphatic carbocycles. The number of unbranched alkanes of at least 4 members (excludes halogenated alkanes) is 2. The number of ether oxygens (including phenoxy) is 1. The van der Waals surface area contributed by atoms with Crippen LogP contribution in [0.4, 0.5) is 0 Å². The second-order valence-electron chi connectivity index (χ2n) is 9.65. The number of hydrogen-bond donors (Lipinski definition) is 1. The van der Waals surface area contributed by atoms with E-state index in [4.69, 9.17) is 16.3 Å². The van der Waals surface area contributed by atoms with Gasteiger partial charge in [0.05, 0.1) is 18.2 Å². The predicted octanol–water partition coefficient (Wildman–Crippen LogP) is 6.65. The highest BCUT2D eigenvalue weighted by Crippen LogP contribution is 2.41. The molecule has 1 unspecified atom stereocenters. The first-order chi connectivity index (χ1) is 16.1. The topological polar surface area (TPSA) is 66.8 Å². The molecule has 1 N–H and O–H groups in total. The Labute approximate surface area is 207 Å². The van der Waals surface area contributed by atoms with E-state index in [0.717, 1.165) is 36.1 Å². The number of carbonyl (C=O) groups excluding carboxylic acids is 2. The maximum atomic E-state index is 13.2. The minimum Gasteiger partial charge on any atom is -0.507 e. The summed E-state index contributed by atoms with van der Waals surface area (Å²) in [6, 6.07) is 11.8. The zero-order chi connectivity index (χ0) is 25.0. The van der Waals surface area contributed by atoms with Crippen molar-refractivity contribution < 1.29 is 19.4 Å². The number of aliphatic hydroxyl groups excluding tert-OH is 1. The third-order valence-corrected chi connectivity index (χ3v) is 6.34. The van der Waals surface area contributed by atoms with Crippen molar-refractivity contribution in [2.75, 3.05) is 13.2 Å². The van der Waals surface area contributed by atoms with Crippen LogP contribution in [-0.4, -0.2) is 34.8 Å². The molecule has 6 heteroatoms. The van der Waals surface area contributed by atoms with Crippen molar-refractivity contribution in [1.82, 2.24) is 4.90 Å². The van der Waals surface area contributed by atoms with Gasteiger partial charge < -0.3 is 14.7 Å². The normalized spacial score (nSPS) is 17.9. The van der Waals surface area contributed by atoms with Crippen LogP contribution in [0, 0.1) is 0 Å². The van der Waals surface area contributed by atoms with Gasteiger partial charge in [-0.05, 0) is 54.7 Å². The van der Waals surface area contributed by atoms with E-state index in [1.807, 2.05) is 19.1 Å². The summed E-state index contributed by atoms with van der Waals surface area (Å²) in [5.41, 5.74) is 2.00. The number of ketones is 1. The lowest BCUT2D eigenvalue weighted by molar-refractivity contribution is -0.139. The van der Waals surface area contributed by atoms with E-state index in [-0.39, 0.29) is 16.7 Å². The van der Waals surface area contributed by atoms with Crippen molar-refractivity contribution in [3.63, 3.8) is 0 Å². The van der Waals surface area contributed by atoms with Crippen LogP contribution in [0.3, 0.4) is 0 Å². The molecular weight excluding hydrogens is 450 g/mol. The maximum absolute atomic E-state index is 13.2. The largest absolute Gasteiger partial charge is 0.507 e. The summed E-state index contributed by atoms with van der Waals surface area (Å²) in [6.07, 6.45) is 2.73. The summed E-state index contributed by atoms with van der Waals surface area (Å²) in [5.74, 6) is -0.689. The van der Waals surface area contributed by atoms with E-state index in [1.165, 1.54) is 0 Å². The summed E-state index contributed by atoms with van der Waals surface area (Å²) >= 11 is 6.09. The number of Topliss-reactive ketones (excluding diaryl/α,β-unsaturated/α-hetero) is 1. The highest BCUT2D eigenvalue weighted by atomic mass is 35.5. The third-order valence-electron chi connectivity index (χ3n) is 6.09. The fourth-order valence-corrected chi connectivity index (χ4v) is 4.46. The molecule has 1 saturated heterocycles. The first-order valence-corrected chi connectivity index (χ1v) is 12.3. The number of nitrogens with zero attached hydrogens (tertiary/aromatic N) is 1. The number of amides is 1. The van der Waals surface area contributed by atoms with Crippen LogP contribution in [0.5, 0.6) is 5.75 Å². The van der Waals surface area contributed by atoms with Crippen LogP contribution in [0.15, 0.2) is 48.0 Å². The third kappa shape index (κ3) is 5.30. The average Bonchev–Trinajstić information content (AvgIpc) is 3.04. The van der Waals surface area contributed by atoms with Gasteiger partial charge in [0.1, 0.15) is 11.5 Å². The first kappa shape index (κ1) is 25.8. The summed E-state index contributed by atoms with van der Waals surface area (Å²) < 4.78 is 5.80. The molecule has 182 valence electrons. The summed E-state index contributed by atoms with van der Waals surface area (Å²) in [7, 11) is 0. The molecule has 0 saturated carbocycles. The Morgan fingerprint density at radius 2 is 1.74 bits per heavy atom. The van der Waals surface area contributed by atoms with E-state index in [9.17, 15) is 14.7 Å². The van der Waals surface area contributed by atoms with Crippen molar-refractivity contribution in [2.45, 2.75) is 65.3 Å². The van der Waals surface area contributed by atoms with Gasteiger partial charge >= 0.3 is 0 Å². The number of carbonyl (C=O) groups is 2. The quantitative estimate of drug-likeness (QED) is 0.197. The van der Waals surface area contributed by atoms with Gasteiger partial charge in [0.25, 0.3) is 11.7 Å². The van der Waals surface area contributed by atoms with E-state index < -0.39 is 17.7 Å². The molecule has 3 rings (SSSR count). The number of hydrogen-bond acceptors (Lipinski definition) is 4.